The standard InChI is InChI=1S/C18H15N5O2S2/c24-14(20-18-19-11-6-2-4-8-13(11)27-18)9-23-17(25)15-10-5-1-3-7-12(10)26-16(15)21-22-23/h2,4,6,8H,1,3,5,7,9H2,(H,19,20,24). The van der Waals surface area contributed by atoms with Gasteiger partial charge in [0.2, 0.25) is 5.91 Å². The molecule has 27 heavy (non-hydrogen) atoms. The highest BCUT2D eigenvalue weighted by Crippen LogP contribution is 2.33. The summed E-state index contributed by atoms with van der Waals surface area (Å²) < 4.78 is 2.14. The number of carbonyl (C=O) groups excluding carboxylic acids is 1. The first-order chi connectivity index (χ1) is 13.2. The quantitative estimate of drug-likeness (QED) is 0.574. The van der Waals surface area contributed by atoms with Crippen LogP contribution < -0.4 is 10.9 Å². The monoisotopic (exact) mass is 397 g/mol. The van der Waals surface area contributed by atoms with E-state index in [-0.39, 0.29) is 18.0 Å². The molecule has 0 radical (unpaired) electrons. The Bertz CT molecular complexity index is 1210. The van der Waals surface area contributed by atoms with Crippen LogP contribution in [0.25, 0.3) is 20.4 Å². The Morgan fingerprint density at radius 2 is 2.04 bits per heavy atom. The number of aryl methyl sites for hydroxylation is 2. The van der Waals surface area contributed by atoms with Crippen LogP contribution in [-0.4, -0.2) is 25.9 Å². The zero-order valence-electron chi connectivity index (χ0n) is 14.3. The number of amides is 1. The molecule has 4 aromatic rings. The lowest BCUT2D eigenvalue weighted by atomic mass is 9.97. The second-order valence-electron chi connectivity index (χ2n) is 6.48. The van der Waals surface area contributed by atoms with Crippen molar-refractivity contribution >= 4 is 54.1 Å². The van der Waals surface area contributed by atoms with Crippen molar-refractivity contribution in [2.24, 2.45) is 0 Å². The molecular weight excluding hydrogens is 382 g/mol. The Labute approximate surface area is 161 Å². The number of nitrogens with one attached hydrogen (secondary N) is 1. The molecule has 0 spiro atoms. The highest BCUT2D eigenvalue weighted by atomic mass is 32.1. The largest absolute Gasteiger partial charge is 0.300 e. The third-order valence-corrected chi connectivity index (χ3v) is 6.81. The Hall–Kier alpha value is -2.65. The van der Waals surface area contributed by atoms with Gasteiger partial charge in [-0.15, -0.1) is 16.4 Å². The summed E-state index contributed by atoms with van der Waals surface area (Å²) in [6.45, 7) is -0.178. The fourth-order valence-electron chi connectivity index (χ4n) is 3.43. The van der Waals surface area contributed by atoms with E-state index in [9.17, 15) is 9.59 Å². The normalized spacial score (nSPS) is 13.8. The summed E-state index contributed by atoms with van der Waals surface area (Å²) in [7, 11) is 0. The van der Waals surface area contributed by atoms with Crippen LogP contribution in [0.15, 0.2) is 29.1 Å². The first kappa shape index (κ1) is 16.5. The molecule has 3 heterocycles. The fourth-order valence-corrected chi connectivity index (χ4v) is 5.51. The van der Waals surface area contributed by atoms with Crippen molar-refractivity contribution in [1.29, 1.82) is 0 Å². The summed E-state index contributed by atoms with van der Waals surface area (Å²) in [6.07, 6.45) is 4.12. The van der Waals surface area contributed by atoms with Gasteiger partial charge in [-0.2, -0.15) is 0 Å². The average molecular weight is 397 g/mol. The van der Waals surface area contributed by atoms with Crippen molar-refractivity contribution in [1.82, 2.24) is 20.0 Å². The third kappa shape index (κ3) is 2.92. The summed E-state index contributed by atoms with van der Waals surface area (Å²) in [5.41, 5.74) is 1.70. The maximum Gasteiger partial charge on any atom is 0.279 e. The van der Waals surface area contributed by atoms with Gasteiger partial charge in [0.1, 0.15) is 6.54 Å². The Kier molecular flexibility index (Phi) is 3.98. The van der Waals surface area contributed by atoms with Crippen molar-refractivity contribution in [3.63, 3.8) is 0 Å². The maximum absolute atomic E-state index is 12.9. The SMILES string of the molecule is O=C(Cn1nnc2sc3c(c2c1=O)CCCC3)Nc1nc2ccccc2s1. The van der Waals surface area contributed by atoms with Crippen LogP contribution >= 0.6 is 22.7 Å². The van der Waals surface area contributed by atoms with Crippen LogP contribution in [-0.2, 0) is 24.2 Å². The minimum atomic E-state index is -0.339. The van der Waals surface area contributed by atoms with Gasteiger partial charge in [0.15, 0.2) is 9.96 Å². The number of thiazole rings is 1. The van der Waals surface area contributed by atoms with E-state index in [0.717, 1.165) is 46.1 Å². The van der Waals surface area contributed by atoms with Gasteiger partial charge in [-0.05, 0) is 43.4 Å². The Morgan fingerprint density at radius 3 is 2.93 bits per heavy atom. The summed E-state index contributed by atoms with van der Waals surface area (Å²) >= 11 is 2.95. The molecule has 1 N–H and O–H groups in total. The molecule has 3 aromatic heterocycles. The number of aromatic nitrogens is 4. The zero-order chi connectivity index (χ0) is 18.4. The highest BCUT2D eigenvalue weighted by molar-refractivity contribution is 7.22. The van der Waals surface area contributed by atoms with Crippen molar-refractivity contribution < 1.29 is 4.79 Å². The topological polar surface area (TPSA) is 89.8 Å². The first-order valence-corrected chi connectivity index (χ1v) is 10.4. The zero-order valence-corrected chi connectivity index (χ0v) is 15.9. The molecule has 0 saturated carbocycles. The lowest BCUT2D eigenvalue weighted by Crippen LogP contribution is -2.30. The fraction of sp³-hybridized carbons (Fsp3) is 0.278. The van der Waals surface area contributed by atoms with Crippen molar-refractivity contribution in [2.75, 3.05) is 5.32 Å². The molecule has 7 nitrogen and oxygen atoms in total. The molecular formula is C18H15N5O2S2. The van der Waals surface area contributed by atoms with E-state index in [4.69, 9.17) is 0 Å². The molecule has 1 aliphatic carbocycles. The molecule has 0 atom stereocenters. The molecule has 136 valence electrons. The van der Waals surface area contributed by atoms with Gasteiger partial charge >= 0.3 is 0 Å². The van der Waals surface area contributed by atoms with E-state index in [1.54, 1.807) is 11.3 Å². The van der Waals surface area contributed by atoms with E-state index in [0.29, 0.717) is 15.3 Å². The first-order valence-electron chi connectivity index (χ1n) is 8.72. The number of carbonyl (C=O) groups is 1. The van der Waals surface area contributed by atoms with E-state index in [2.05, 4.69) is 20.6 Å². The van der Waals surface area contributed by atoms with Gasteiger partial charge in [-0.3, -0.25) is 9.59 Å². The van der Waals surface area contributed by atoms with E-state index in [1.807, 2.05) is 24.3 Å². The second-order valence-corrected chi connectivity index (χ2v) is 8.59. The van der Waals surface area contributed by atoms with Crippen LogP contribution in [0.3, 0.4) is 0 Å². The van der Waals surface area contributed by atoms with Crippen LogP contribution in [0.4, 0.5) is 5.13 Å². The van der Waals surface area contributed by atoms with Crippen LogP contribution in [0.1, 0.15) is 23.3 Å². The number of rotatable bonds is 3. The predicted molar refractivity (Wildman–Crippen MR) is 107 cm³/mol. The van der Waals surface area contributed by atoms with E-state index >= 15 is 0 Å². The molecule has 1 aromatic carbocycles. The van der Waals surface area contributed by atoms with Gasteiger partial charge in [0.05, 0.1) is 15.6 Å². The van der Waals surface area contributed by atoms with Crippen LogP contribution in [0.5, 0.6) is 0 Å². The maximum atomic E-state index is 12.9. The molecule has 1 aliphatic rings. The number of anilines is 1. The molecule has 9 heteroatoms. The number of para-hydroxylation sites is 1. The van der Waals surface area contributed by atoms with E-state index in [1.165, 1.54) is 16.2 Å². The van der Waals surface area contributed by atoms with Gasteiger partial charge in [-0.1, -0.05) is 28.7 Å². The van der Waals surface area contributed by atoms with Gasteiger partial charge < -0.3 is 5.32 Å². The number of benzene rings is 1. The van der Waals surface area contributed by atoms with Crippen LogP contribution in [0.2, 0.25) is 0 Å². The van der Waals surface area contributed by atoms with E-state index < -0.39 is 0 Å². The highest BCUT2D eigenvalue weighted by Gasteiger charge is 2.21. The third-order valence-electron chi connectivity index (χ3n) is 4.68. The smallest absolute Gasteiger partial charge is 0.279 e. The van der Waals surface area contributed by atoms with Crippen molar-refractivity contribution in [3.05, 3.63) is 45.1 Å². The minimum Gasteiger partial charge on any atom is -0.300 e. The average Bonchev–Trinajstić information content (AvgIpc) is 3.24. The predicted octanol–water partition coefficient (Wildman–Crippen LogP) is 2.98. The molecule has 0 fully saturated rings. The molecule has 1 amide bonds. The Balaban J connectivity index is 1.42. The van der Waals surface area contributed by atoms with Gasteiger partial charge in [0, 0.05) is 4.88 Å². The lowest BCUT2D eigenvalue weighted by Gasteiger charge is -2.10. The van der Waals surface area contributed by atoms with Crippen molar-refractivity contribution in [2.45, 2.75) is 32.2 Å². The lowest BCUT2D eigenvalue weighted by molar-refractivity contribution is -0.117. The molecule has 0 saturated heterocycles. The summed E-state index contributed by atoms with van der Waals surface area (Å²) in [6, 6.07) is 7.68. The van der Waals surface area contributed by atoms with Gasteiger partial charge in [-0.25, -0.2) is 9.67 Å². The van der Waals surface area contributed by atoms with Gasteiger partial charge in [0.25, 0.3) is 5.56 Å². The number of nitrogens with zero attached hydrogens (tertiary/aromatic N) is 4. The molecule has 0 unspecified atom stereocenters. The molecule has 5 rings (SSSR count). The summed E-state index contributed by atoms with van der Waals surface area (Å²) in [5, 5.41) is 12.0. The minimum absolute atomic E-state index is 0.178. The molecule has 0 aliphatic heterocycles. The Morgan fingerprint density at radius 1 is 1.19 bits per heavy atom. The van der Waals surface area contributed by atoms with Crippen molar-refractivity contribution in [3.8, 4) is 0 Å². The second kappa shape index (κ2) is 6.50. The number of thiophene rings is 1. The molecule has 0 bridgehead atoms. The number of hydrogen-bond donors (Lipinski definition) is 1. The number of fused-ring (bicyclic) bond motifs is 4. The summed E-state index contributed by atoms with van der Waals surface area (Å²) in [5.74, 6) is -0.339. The summed E-state index contributed by atoms with van der Waals surface area (Å²) in [4.78, 5) is 31.6. The number of hydrogen-bond acceptors (Lipinski definition) is 7. The van der Waals surface area contributed by atoms with Crippen LogP contribution in [0, 0.1) is 0 Å².